The fourth-order valence-corrected chi connectivity index (χ4v) is 2.39. The van der Waals surface area contributed by atoms with Gasteiger partial charge in [-0.3, -0.25) is 4.79 Å². The summed E-state index contributed by atoms with van der Waals surface area (Å²) in [6, 6.07) is 5.43. The average Bonchev–Trinajstić information content (AvgIpc) is 2.82. The standard InChI is InChI=1S/C13H17N5O/c1-17-5-7-18(8-6-17)13-15-10-4-2-3-9(12(14)19)11(10)16-13/h2-4H,5-8H2,1H3,(H2,14,19)(H,15,16). The smallest absolute Gasteiger partial charge is 0.250 e. The van der Waals surface area contributed by atoms with E-state index in [-0.39, 0.29) is 0 Å². The Kier molecular flexibility index (Phi) is 2.87. The van der Waals surface area contributed by atoms with Crippen LogP contribution >= 0.6 is 0 Å². The van der Waals surface area contributed by atoms with Crippen molar-refractivity contribution in [2.75, 3.05) is 38.1 Å². The van der Waals surface area contributed by atoms with Crippen molar-refractivity contribution in [3.8, 4) is 0 Å². The summed E-state index contributed by atoms with van der Waals surface area (Å²) in [7, 11) is 2.11. The van der Waals surface area contributed by atoms with Crippen molar-refractivity contribution >= 4 is 22.9 Å². The Hall–Kier alpha value is -2.08. The zero-order valence-corrected chi connectivity index (χ0v) is 10.9. The first-order valence-corrected chi connectivity index (χ1v) is 6.37. The normalized spacial score (nSPS) is 17.0. The lowest BCUT2D eigenvalue weighted by Gasteiger charge is -2.32. The molecule has 1 amide bonds. The number of aromatic nitrogens is 2. The molecular formula is C13H17N5O. The number of para-hydroxylation sites is 1. The molecule has 0 spiro atoms. The first kappa shape index (κ1) is 12.0. The van der Waals surface area contributed by atoms with Crippen molar-refractivity contribution in [2.45, 2.75) is 0 Å². The lowest BCUT2D eigenvalue weighted by Crippen LogP contribution is -2.44. The summed E-state index contributed by atoms with van der Waals surface area (Å²) in [5.74, 6) is 0.374. The van der Waals surface area contributed by atoms with E-state index >= 15 is 0 Å². The predicted octanol–water partition coefficient (Wildman–Crippen LogP) is 0.414. The van der Waals surface area contributed by atoms with Gasteiger partial charge in [0.2, 0.25) is 5.95 Å². The van der Waals surface area contributed by atoms with Gasteiger partial charge in [-0.15, -0.1) is 0 Å². The number of benzene rings is 1. The van der Waals surface area contributed by atoms with E-state index in [2.05, 4.69) is 26.8 Å². The van der Waals surface area contributed by atoms with Crippen LogP contribution in [0.2, 0.25) is 0 Å². The maximum absolute atomic E-state index is 11.4. The molecule has 0 unspecified atom stereocenters. The van der Waals surface area contributed by atoms with Crippen LogP contribution in [0.4, 0.5) is 5.95 Å². The number of hydrogen-bond donors (Lipinski definition) is 2. The first-order valence-electron chi connectivity index (χ1n) is 6.37. The van der Waals surface area contributed by atoms with E-state index in [9.17, 15) is 4.79 Å². The number of hydrogen-bond acceptors (Lipinski definition) is 4. The number of nitrogens with one attached hydrogen (secondary N) is 1. The summed E-state index contributed by atoms with van der Waals surface area (Å²) < 4.78 is 0. The van der Waals surface area contributed by atoms with Gasteiger partial charge < -0.3 is 20.5 Å². The largest absolute Gasteiger partial charge is 0.366 e. The van der Waals surface area contributed by atoms with Gasteiger partial charge in [0.05, 0.1) is 11.1 Å². The van der Waals surface area contributed by atoms with E-state index in [1.54, 1.807) is 6.07 Å². The summed E-state index contributed by atoms with van der Waals surface area (Å²) in [4.78, 5) is 23.7. The molecular weight excluding hydrogens is 242 g/mol. The van der Waals surface area contributed by atoms with Crippen molar-refractivity contribution < 1.29 is 4.79 Å². The molecule has 3 rings (SSSR count). The summed E-state index contributed by atoms with van der Waals surface area (Å²) in [5.41, 5.74) is 7.35. The SMILES string of the molecule is CN1CCN(c2nc3c(C(N)=O)cccc3[nH]2)CC1. The zero-order chi connectivity index (χ0) is 13.4. The third-order valence-electron chi connectivity index (χ3n) is 3.57. The number of nitrogens with zero attached hydrogens (tertiary/aromatic N) is 3. The van der Waals surface area contributed by atoms with Gasteiger partial charge in [-0.05, 0) is 19.2 Å². The van der Waals surface area contributed by atoms with Crippen LogP contribution in [0.15, 0.2) is 18.2 Å². The molecule has 1 aromatic carbocycles. The Morgan fingerprint density at radius 1 is 1.32 bits per heavy atom. The van der Waals surface area contributed by atoms with Crippen LogP contribution in [0.5, 0.6) is 0 Å². The lowest BCUT2D eigenvalue weighted by atomic mass is 10.2. The third kappa shape index (κ3) is 2.15. The van der Waals surface area contributed by atoms with Crippen molar-refractivity contribution in [1.82, 2.24) is 14.9 Å². The Balaban J connectivity index is 1.98. The summed E-state index contributed by atoms with van der Waals surface area (Å²) in [5, 5.41) is 0. The van der Waals surface area contributed by atoms with Gasteiger partial charge in [0.15, 0.2) is 0 Å². The Morgan fingerprint density at radius 3 is 2.74 bits per heavy atom. The molecule has 1 fully saturated rings. The number of nitrogens with two attached hydrogens (primary N) is 1. The van der Waals surface area contributed by atoms with Gasteiger partial charge in [0.1, 0.15) is 5.52 Å². The number of anilines is 1. The van der Waals surface area contributed by atoms with Crippen LogP contribution in [0.1, 0.15) is 10.4 Å². The molecule has 19 heavy (non-hydrogen) atoms. The van der Waals surface area contributed by atoms with Crippen LogP contribution in [-0.2, 0) is 0 Å². The van der Waals surface area contributed by atoms with Gasteiger partial charge >= 0.3 is 0 Å². The Morgan fingerprint density at radius 2 is 2.05 bits per heavy atom. The number of carbonyl (C=O) groups excluding carboxylic acids is 1. The number of likely N-dealkylation sites (N-methyl/N-ethyl adjacent to an activating group) is 1. The average molecular weight is 259 g/mol. The maximum Gasteiger partial charge on any atom is 0.250 e. The van der Waals surface area contributed by atoms with Crippen LogP contribution in [-0.4, -0.2) is 54.0 Å². The highest BCUT2D eigenvalue weighted by atomic mass is 16.1. The molecule has 1 saturated heterocycles. The minimum Gasteiger partial charge on any atom is -0.366 e. The second-order valence-electron chi connectivity index (χ2n) is 4.92. The van der Waals surface area contributed by atoms with E-state index in [0.717, 1.165) is 37.6 Å². The fourth-order valence-electron chi connectivity index (χ4n) is 2.39. The number of amides is 1. The number of primary amides is 1. The number of carbonyl (C=O) groups is 1. The highest BCUT2D eigenvalue weighted by Crippen LogP contribution is 2.21. The highest BCUT2D eigenvalue weighted by Gasteiger charge is 2.18. The lowest BCUT2D eigenvalue weighted by molar-refractivity contribution is 0.100. The minimum absolute atomic E-state index is 0.443. The van der Waals surface area contributed by atoms with E-state index in [1.807, 2.05) is 12.1 Å². The fraction of sp³-hybridized carbons (Fsp3) is 0.385. The molecule has 6 heteroatoms. The molecule has 2 heterocycles. The van der Waals surface area contributed by atoms with Crippen LogP contribution in [0, 0.1) is 0 Å². The molecule has 1 aromatic heterocycles. The number of rotatable bonds is 2. The van der Waals surface area contributed by atoms with E-state index in [0.29, 0.717) is 11.1 Å². The van der Waals surface area contributed by atoms with Gasteiger partial charge in [-0.2, -0.15) is 0 Å². The second-order valence-corrected chi connectivity index (χ2v) is 4.92. The topological polar surface area (TPSA) is 78.2 Å². The van der Waals surface area contributed by atoms with Crippen molar-refractivity contribution in [1.29, 1.82) is 0 Å². The number of H-pyrrole nitrogens is 1. The quantitative estimate of drug-likeness (QED) is 0.819. The van der Waals surface area contributed by atoms with Crippen molar-refractivity contribution in [3.63, 3.8) is 0 Å². The molecule has 0 radical (unpaired) electrons. The second kappa shape index (κ2) is 4.55. The maximum atomic E-state index is 11.4. The number of imidazole rings is 1. The van der Waals surface area contributed by atoms with Crippen molar-refractivity contribution in [3.05, 3.63) is 23.8 Å². The summed E-state index contributed by atoms with van der Waals surface area (Å²) in [6.45, 7) is 3.89. The molecule has 1 aliphatic rings. The van der Waals surface area contributed by atoms with E-state index in [4.69, 9.17) is 5.73 Å². The number of fused-ring (bicyclic) bond motifs is 1. The zero-order valence-electron chi connectivity index (χ0n) is 10.9. The number of aromatic amines is 1. The van der Waals surface area contributed by atoms with Crippen LogP contribution in [0.25, 0.3) is 11.0 Å². The molecule has 3 N–H and O–H groups in total. The Bertz CT molecular complexity index is 613. The van der Waals surface area contributed by atoms with Gasteiger partial charge in [0, 0.05) is 26.2 Å². The monoisotopic (exact) mass is 259 g/mol. The molecule has 2 aromatic rings. The summed E-state index contributed by atoms with van der Waals surface area (Å²) >= 11 is 0. The highest BCUT2D eigenvalue weighted by molar-refractivity contribution is 6.04. The number of piperazine rings is 1. The molecule has 0 saturated carbocycles. The van der Waals surface area contributed by atoms with E-state index < -0.39 is 5.91 Å². The third-order valence-corrected chi connectivity index (χ3v) is 3.57. The van der Waals surface area contributed by atoms with Crippen molar-refractivity contribution in [2.24, 2.45) is 5.73 Å². The summed E-state index contributed by atoms with van der Waals surface area (Å²) in [6.07, 6.45) is 0. The molecule has 6 nitrogen and oxygen atoms in total. The minimum atomic E-state index is -0.443. The van der Waals surface area contributed by atoms with Gasteiger partial charge in [0.25, 0.3) is 5.91 Å². The van der Waals surface area contributed by atoms with Gasteiger partial charge in [-0.1, -0.05) is 6.07 Å². The molecule has 1 aliphatic heterocycles. The van der Waals surface area contributed by atoms with Gasteiger partial charge in [-0.25, -0.2) is 4.98 Å². The Labute approximate surface area is 111 Å². The molecule has 0 aliphatic carbocycles. The van der Waals surface area contributed by atoms with E-state index in [1.165, 1.54) is 0 Å². The predicted molar refractivity (Wildman–Crippen MR) is 74.3 cm³/mol. The first-order chi connectivity index (χ1) is 9.15. The molecule has 100 valence electrons. The molecule has 0 bridgehead atoms. The van der Waals surface area contributed by atoms with Crippen LogP contribution < -0.4 is 10.6 Å². The van der Waals surface area contributed by atoms with Crippen LogP contribution in [0.3, 0.4) is 0 Å². The molecule has 0 atom stereocenters.